The fourth-order valence-electron chi connectivity index (χ4n) is 11.6. The second-order valence-electron chi connectivity index (χ2n) is 15.9. The van der Waals surface area contributed by atoms with Crippen molar-refractivity contribution in [2.75, 3.05) is 6.61 Å². The average Bonchev–Trinajstić information content (AvgIpc) is 3.67. The SMILES string of the molecule is C=C(C)[C@@]12C[C@@H](C)[C@@]34OC5(CCCCCCC[C@@H](C)[C@H]6[C@H](C)[C@H](OC(=O)c7ccccc7)[C@@](O)([C@H](O)[C@@]7(CO)O[C@H]7[C@H]3[C@H]1O5)[C@@H]64)O2. The number of carbonyl (C=O) groups is 1. The lowest BCUT2D eigenvalue weighted by atomic mass is 9.52. The van der Waals surface area contributed by atoms with Crippen LogP contribution in [0.4, 0.5) is 0 Å². The second-order valence-corrected chi connectivity index (χ2v) is 15.9. The number of ether oxygens (including phenoxy) is 5. The molecule has 4 aliphatic heterocycles. The second kappa shape index (κ2) is 10.3. The monoisotopic (exact) mass is 638 g/mol. The number of rotatable bonds is 4. The molecular weight excluding hydrogens is 588 g/mol. The standard InChI is InChI=1S/C37H50O9/c1-20(2)33-18-22(4)37-26-29(33)44-35(45-33,46-37)17-13-8-6-7-10-14-21(3)25-23(5)28(42-31(39)24-15-11-9-12-16-24)36(41,27(25)37)32(40)34(19-38)30(26)43-34/h9,11-12,15-16,21-23,25-30,32,38,40-41H,1,6-8,10,13-14,17-19H2,2-5H3/t21-,22-,23+,25+,26-,27-,28+,29-,30+,32-,33+,34+,35?,36-,37-/m1/s1. The molecule has 7 aliphatic rings. The number of carbonyl (C=O) groups excluding carboxylic acids is 1. The van der Waals surface area contributed by atoms with Crippen molar-refractivity contribution in [1.29, 1.82) is 0 Å². The molecule has 1 unspecified atom stereocenters. The van der Waals surface area contributed by atoms with Crippen LogP contribution in [0.3, 0.4) is 0 Å². The molecule has 15 atom stereocenters. The van der Waals surface area contributed by atoms with E-state index >= 15 is 0 Å². The minimum absolute atomic E-state index is 0.122. The Hall–Kier alpha value is -1.85. The molecule has 2 spiro atoms. The van der Waals surface area contributed by atoms with Crippen LogP contribution in [0.2, 0.25) is 0 Å². The lowest BCUT2D eigenvalue weighted by Crippen LogP contribution is -2.73. The molecule has 46 heavy (non-hydrogen) atoms. The van der Waals surface area contributed by atoms with Gasteiger partial charge in [0.15, 0.2) is 0 Å². The third-order valence-corrected chi connectivity index (χ3v) is 13.6. The van der Waals surface area contributed by atoms with E-state index in [2.05, 4.69) is 20.4 Å². The first-order valence-electron chi connectivity index (χ1n) is 17.6. The number of esters is 1. The molecule has 9 nitrogen and oxygen atoms in total. The number of epoxide rings is 1. The van der Waals surface area contributed by atoms with Gasteiger partial charge in [-0.15, -0.1) is 0 Å². The molecule has 0 radical (unpaired) electrons. The Morgan fingerprint density at radius 2 is 1.74 bits per heavy atom. The quantitative estimate of drug-likeness (QED) is 0.248. The third kappa shape index (κ3) is 3.79. The van der Waals surface area contributed by atoms with E-state index in [1.807, 2.05) is 19.9 Å². The highest BCUT2D eigenvalue weighted by molar-refractivity contribution is 5.89. The molecule has 3 aliphatic carbocycles. The largest absolute Gasteiger partial charge is 0.455 e. The Morgan fingerprint density at radius 3 is 2.46 bits per heavy atom. The number of hydrogen-bond acceptors (Lipinski definition) is 9. The zero-order chi connectivity index (χ0) is 32.4. The molecule has 0 amide bonds. The summed E-state index contributed by atoms with van der Waals surface area (Å²) in [6.07, 6.45) is 3.37. The van der Waals surface area contributed by atoms with Gasteiger partial charge in [0.2, 0.25) is 0 Å². The van der Waals surface area contributed by atoms with Gasteiger partial charge in [0, 0.05) is 18.3 Å². The molecule has 3 N–H and O–H groups in total. The van der Waals surface area contributed by atoms with Gasteiger partial charge >= 0.3 is 5.97 Å². The summed E-state index contributed by atoms with van der Waals surface area (Å²) < 4.78 is 34.2. The lowest BCUT2D eigenvalue weighted by molar-refractivity contribution is -0.437. The van der Waals surface area contributed by atoms with E-state index in [-0.39, 0.29) is 23.7 Å². The van der Waals surface area contributed by atoms with E-state index in [0.29, 0.717) is 18.4 Å². The molecule has 4 heterocycles. The predicted octanol–water partition coefficient (Wildman–Crippen LogP) is 4.52. The minimum Gasteiger partial charge on any atom is -0.455 e. The van der Waals surface area contributed by atoms with Gasteiger partial charge in [-0.05, 0) is 61.1 Å². The first-order valence-corrected chi connectivity index (χ1v) is 17.6. The smallest absolute Gasteiger partial charge is 0.338 e. The molecule has 1 aromatic rings. The van der Waals surface area contributed by atoms with Crippen LogP contribution in [0, 0.1) is 35.5 Å². The average molecular weight is 639 g/mol. The van der Waals surface area contributed by atoms with Crippen molar-refractivity contribution in [3.05, 3.63) is 48.0 Å². The highest BCUT2D eigenvalue weighted by atomic mass is 16.9. The van der Waals surface area contributed by atoms with Crippen molar-refractivity contribution in [3.63, 3.8) is 0 Å². The Kier molecular flexibility index (Phi) is 7.06. The molecule has 9 heteroatoms. The summed E-state index contributed by atoms with van der Waals surface area (Å²) in [5.74, 6) is -3.61. The summed E-state index contributed by atoms with van der Waals surface area (Å²) in [7, 11) is 0. The van der Waals surface area contributed by atoms with Crippen molar-refractivity contribution in [2.45, 2.75) is 132 Å². The minimum atomic E-state index is -2.00. The Balaban J connectivity index is 1.36. The highest BCUT2D eigenvalue weighted by Crippen LogP contribution is 2.75. The van der Waals surface area contributed by atoms with E-state index in [9.17, 15) is 20.1 Å². The van der Waals surface area contributed by atoms with E-state index in [1.165, 1.54) is 0 Å². The van der Waals surface area contributed by atoms with Crippen LogP contribution in [-0.4, -0.2) is 80.7 Å². The van der Waals surface area contributed by atoms with Crippen LogP contribution >= 0.6 is 0 Å². The maximum Gasteiger partial charge on any atom is 0.338 e. The normalized spacial score (nSPS) is 53.6. The van der Waals surface area contributed by atoms with Gasteiger partial charge < -0.3 is 39.0 Å². The molecule has 7 fully saturated rings. The fourth-order valence-corrected chi connectivity index (χ4v) is 11.6. The number of aliphatic hydroxyl groups is 3. The first-order chi connectivity index (χ1) is 21.9. The fraction of sp³-hybridized carbons (Fsp3) is 0.757. The molecule has 8 rings (SSSR count). The number of benzene rings is 1. The van der Waals surface area contributed by atoms with Crippen LogP contribution in [0.1, 0.15) is 89.4 Å². The predicted molar refractivity (Wildman–Crippen MR) is 166 cm³/mol. The van der Waals surface area contributed by atoms with Gasteiger partial charge in [-0.2, -0.15) is 0 Å². The summed E-state index contributed by atoms with van der Waals surface area (Å²) in [4.78, 5) is 13.7. The van der Waals surface area contributed by atoms with Crippen LogP contribution in [0.5, 0.6) is 0 Å². The van der Waals surface area contributed by atoms with Crippen LogP contribution in [-0.2, 0) is 23.7 Å². The molecule has 4 saturated heterocycles. The first kappa shape index (κ1) is 31.4. The number of aliphatic hydroxyl groups excluding tert-OH is 2. The van der Waals surface area contributed by atoms with Gasteiger partial charge in [-0.1, -0.05) is 77.7 Å². The Morgan fingerprint density at radius 1 is 1.02 bits per heavy atom. The Bertz CT molecular complexity index is 1400. The van der Waals surface area contributed by atoms with Crippen molar-refractivity contribution < 1.29 is 43.8 Å². The summed E-state index contributed by atoms with van der Waals surface area (Å²) in [6.45, 7) is 12.3. The zero-order valence-corrected chi connectivity index (χ0v) is 27.5. The third-order valence-electron chi connectivity index (χ3n) is 13.6. The van der Waals surface area contributed by atoms with Gasteiger partial charge in [-0.3, -0.25) is 0 Å². The summed E-state index contributed by atoms with van der Waals surface area (Å²) in [6, 6.07) is 8.76. The molecule has 0 aromatic heterocycles. The van der Waals surface area contributed by atoms with E-state index in [0.717, 1.165) is 44.1 Å². The van der Waals surface area contributed by atoms with Crippen LogP contribution < -0.4 is 0 Å². The summed E-state index contributed by atoms with van der Waals surface area (Å²) in [5.41, 5.74) is -4.16. The van der Waals surface area contributed by atoms with Crippen LogP contribution in [0.15, 0.2) is 42.5 Å². The van der Waals surface area contributed by atoms with Gasteiger partial charge in [-0.25, -0.2) is 4.79 Å². The highest BCUT2D eigenvalue weighted by Gasteiger charge is 2.90. The van der Waals surface area contributed by atoms with Gasteiger partial charge in [0.25, 0.3) is 5.97 Å². The summed E-state index contributed by atoms with van der Waals surface area (Å²) in [5, 5.41) is 37.0. The number of hydrogen-bond donors (Lipinski definition) is 3. The molecule has 252 valence electrons. The van der Waals surface area contributed by atoms with E-state index in [1.54, 1.807) is 24.3 Å². The maximum absolute atomic E-state index is 13.7. The van der Waals surface area contributed by atoms with Gasteiger partial charge in [0.1, 0.15) is 41.2 Å². The van der Waals surface area contributed by atoms with Gasteiger partial charge in [0.05, 0.1) is 17.8 Å². The zero-order valence-electron chi connectivity index (χ0n) is 27.5. The van der Waals surface area contributed by atoms with Crippen molar-refractivity contribution in [3.8, 4) is 0 Å². The molecule has 1 aromatic carbocycles. The Labute approximate surface area is 271 Å². The molecule has 3 bridgehead atoms. The van der Waals surface area contributed by atoms with E-state index < -0.39 is 77.2 Å². The van der Waals surface area contributed by atoms with Crippen molar-refractivity contribution in [2.24, 2.45) is 35.5 Å². The van der Waals surface area contributed by atoms with Crippen molar-refractivity contribution >= 4 is 5.97 Å². The molecule has 3 saturated carbocycles. The topological polar surface area (TPSA) is 127 Å². The van der Waals surface area contributed by atoms with Crippen molar-refractivity contribution in [1.82, 2.24) is 0 Å². The number of fused-ring (bicyclic) bond motifs is 1. The van der Waals surface area contributed by atoms with Crippen LogP contribution in [0.25, 0.3) is 0 Å². The lowest BCUT2D eigenvalue weighted by Gasteiger charge is -2.61. The van der Waals surface area contributed by atoms with E-state index in [4.69, 9.17) is 23.7 Å². The summed E-state index contributed by atoms with van der Waals surface area (Å²) >= 11 is 0. The molecular formula is C37H50O9. The maximum atomic E-state index is 13.7.